The van der Waals surface area contributed by atoms with Gasteiger partial charge in [-0.3, -0.25) is 0 Å². The van der Waals surface area contributed by atoms with Crippen LogP contribution in [0, 0.1) is 5.92 Å². The highest BCUT2D eigenvalue weighted by Gasteiger charge is 2.08. The van der Waals surface area contributed by atoms with E-state index in [9.17, 15) is 0 Å². The standard InChI is InChI=1S/C17H35S/c1-3-5-7-8-10-14-17(13-9-6-4-2)15-11-12-16-18/h17H,3-16H2,1-2H3. The molecule has 0 aliphatic heterocycles. The summed E-state index contributed by atoms with van der Waals surface area (Å²) in [5.74, 6) is 1.96. The van der Waals surface area contributed by atoms with Crippen LogP contribution in [0.5, 0.6) is 0 Å². The van der Waals surface area contributed by atoms with Crippen LogP contribution < -0.4 is 0 Å². The van der Waals surface area contributed by atoms with Gasteiger partial charge in [0.05, 0.1) is 0 Å². The number of hydrogen-bond donors (Lipinski definition) is 0. The van der Waals surface area contributed by atoms with Crippen molar-refractivity contribution in [3.63, 3.8) is 0 Å². The van der Waals surface area contributed by atoms with Gasteiger partial charge >= 0.3 is 0 Å². The highest BCUT2D eigenvalue weighted by Crippen LogP contribution is 2.23. The normalized spacial score (nSPS) is 12.8. The molecule has 0 rings (SSSR count). The summed E-state index contributed by atoms with van der Waals surface area (Å²) in [4.78, 5) is 0. The molecule has 0 aromatic rings. The molecule has 0 nitrogen and oxygen atoms in total. The summed E-state index contributed by atoms with van der Waals surface area (Å²) in [6.45, 7) is 4.60. The summed E-state index contributed by atoms with van der Waals surface area (Å²) in [5, 5.41) is 0. The highest BCUT2D eigenvalue weighted by atomic mass is 32.1. The number of rotatable bonds is 14. The Hall–Kier alpha value is 0.350. The summed E-state index contributed by atoms with van der Waals surface area (Å²) in [6.07, 6.45) is 18.4. The van der Waals surface area contributed by atoms with Crippen LogP contribution in [0.1, 0.15) is 97.3 Å². The third-order valence-electron chi connectivity index (χ3n) is 3.94. The molecule has 109 valence electrons. The van der Waals surface area contributed by atoms with Gasteiger partial charge < -0.3 is 0 Å². The average Bonchev–Trinajstić information content (AvgIpc) is 2.38. The van der Waals surface area contributed by atoms with E-state index < -0.39 is 0 Å². The molecule has 0 saturated heterocycles. The van der Waals surface area contributed by atoms with Crippen LogP contribution >= 0.6 is 12.6 Å². The zero-order valence-corrected chi connectivity index (χ0v) is 13.7. The summed E-state index contributed by atoms with van der Waals surface area (Å²) in [7, 11) is 0. The molecule has 0 saturated carbocycles. The molecule has 1 unspecified atom stereocenters. The topological polar surface area (TPSA) is 0 Å². The van der Waals surface area contributed by atoms with Crippen molar-refractivity contribution in [1.29, 1.82) is 0 Å². The molecule has 1 atom stereocenters. The van der Waals surface area contributed by atoms with Gasteiger partial charge in [0.15, 0.2) is 0 Å². The van der Waals surface area contributed by atoms with Crippen molar-refractivity contribution in [3.8, 4) is 0 Å². The molecule has 0 aromatic heterocycles. The fourth-order valence-electron chi connectivity index (χ4n) is 2.69. The molecule has 1 radical (unpaired) electrons. The van der Waals surface area contributed by atoms with Crippen molar-refractivity contribution in [1.82, 2.24) is 0 Å². The predicted octanol–water partition coefficient (Wildman–Crippen LogP) is 6.91. The monoisotopic (exact) mass is 271 g/mol. The third kappa shape index (κ3) is 12.8. The minimum atomic E-state index is 0.957. The molecule has 1 heteroatoms. The van der Waals surface area contributed by atoms with Gasteiger partial charge in [-0.05, 0) is 12.3 Å². The Balaban J connectivity index is 3.60. The lowest BCUT2D eigenvalue weighted by Crippen LogP contribution is -2.01. The van der Waals surface area contributed by atoms with Crippen molar-refractivity contribution in [2.45, 2.75) is 97.3 Å². The van der Waals surface area contributed by atoms with Crippen molar-refractivity contribution in [2.75, 3.05) is 5.75 Å². The van der Waals surface area contributed by atoms with Gasteiger partial charge in [0.1, 0.15) is 0 Å². The van der Waals surface area contributed by atoms with Gasteiger partial charge in [0.2, 0.25) is 0 Å². The molecule has 0 bridgehead atoms. The van der Waals surface area contributed by atoms with Crippen molar-refractivity contribution >= 4 is 12.6 Å². The average molecular weight is 272 g/mol. The molecule has 0 aromatic carbocycles. The quantitative estimate of drug-likeness (QED) is 0.301. The Kier molecular flexibility index (Phi) is 15.7. The molecule has 0 aliphatic rings. The maximum absolute atomic E-state index is 5.05. The van der Waals surface area contributed by atoms with Crippen molar-refractivity contribution in [2.24, 2.45) is 5.92 Å². The molecule has 18 heavy (non-hydrogen) atoms. The molecule has 0 amide bonds. The molecule has 0 N–H and O–H groups in total. The van der Waals surface area contributed by atoms with Crippen LogP contribution in [0.2, 0.25) is 0 Å². The Labute approximate surface area is 122 Å². The van der Waals surface area contributed by atoms with Gasteiger partial charge in [-0.15, -0.1) is 0 Å². The molecular weight excluding hydrogens is 236 g/mol. The van der Waals surface area contributed by atoms with E-state index in [4.69, 9.17) is 12.6 Å². The zero-order valence-electron chi connectivity index (χ0n) is 12.9. The van der Waals surface area contributed by atoms with Crippen LogP contribution in [0.15, 0.2) is 0 Å². The lowest BCUT2D eigenvalue weighted by atomic mass is 9.90. The summed E-state index contributed by atoms with van der Waals surface area (Å²) in [6, 6.07) is 0. The third-order valence-corrected chi connectivity index (χ3v) is 4.23. The predicted molar refractivity (Wildman–Crippen MR) is 87.3 cm³/mol. The Morgan fingerprint density at radius 1 is 0.611 bits per heavy atom. The second kappa shape index (κ2) is 15.4. The summed E-state index contributed by atoms with van der Waals surface area (Å²) in [5.41, 5.74) is 0. The molecule has 0 aliphatic carbocycles. The van der Waals surface area contributed by atoms with Gasteiger partial charge in [0.25, 0.3) is 0 Å². The first-order valence-corrected chi connectivity index (χ1v) is 9.00. The van der Waals surface area contributed by atoms with Gasteiger partial charge in [-0.25, -0.2) is 0 Å². The van der Waals surface area contributed by atoms with Gasteiger partial charge in [0, 0.05) is 5.75 Å². The number of hydrogen-bond acceptors (Lipinski definition) is 0. The van der Waals surface area contributed by atoms with Crippen molar-refractivity contribution < 1.29 is 0 Å². The van der Waals surface area contributed by atoms with E-state index in [0.29, 0.717) is 0 Å². The van der Waals surface area contributed by atoms with Crippen LogP contribution in [0.25, 0.3) is 0 Å². The fourth-order valence-corrected chi connectivity index (χ4v) is 2.89. The fraction of sp³-hybridized carbons (Fsp3) is 1.00. The second-order valence-electron chi connectivity index (χ2n) is 5.76. The number of unbranched alkanes of at least 4 members (excludes halogenated alkanes) is 7. The first-order valence-electron chi connectivity index (χ1n) is 8.43. The van der Waals surface area contributed by atoms with E-state index >= 15 is 0 Å². The van der Waals surface area contributed by atoms with Crippen LogP contribution in [0.3, 0.4) is 0 Å². The molecular formula is C17H35S. The van der Waals surface area contributed by atoms with Gasteiger partial charge in [-0.1, -0.05) is 104 Å². The minimum absolute atomic E-state index is 0.957. The first kappa shape index (κ1) is 18.4. The second-order valence-corrected chi connectivity index (χ2v) is 6.17. The van der Waals surface area contributed by atoms with Crippen LogP contribution in [-0.2, 0) is 0 Å². The van der Waals surface area contributed by atoms with E-state index in [0.717, 1.165) is 11.7 Å². The Bertz CT molecular complexity index is 135. The SMILES string of the molecule is CCCCCCCC(CCCCC)CCCC[S]. The summed E-state index contributed by atoms with van der Waals surface area (Å²) < 4.78 is 0. The first-order chi connectivity index (χ1) is 8.85. The van der Waals surface area contributed by atoms with E-state index in [1.165, 1.54) is 83.5 Å². The van der Waals surface area contributed by atoms with E-state index in [1.54, 1.807) is 0 Å². The minimum Gasteiger partial charge on any atom is -0.0942 e. The zero-order chi connectivity index (χ0) is 13.5. The van der Waals surface area contributed by atoms with Crippen LogP contribution in [0.4, 0.5) is 0 Å². The lowest BCUT2D eigenvalue weighted by Gasteiger charge is -2.16. The molecule has 0 spiro atoms. The Morgan fingerprint density at radius 2 is 1.06 bits per heavy atom. The van der Waals surface area contributed by atoms with Gasteiger partial charge in [-0.2, -0.15) is 0 Å². The smallest absolute Gasteiger partial charge is 0.00369 e. The highest BCUT2D eigenvalue weighted by molar-refractivity contribution is 7.80. The molecule has 0 heterocycles. The largest absolute Gasteiger partial charge is 0.0942 e. The molecule has 0 fully saturated rings. The maximum atomic E-state index is 5.05. The Morgan fingerprint density at radius 3 is 1.61 bits per heavy atom. The lowest BCUT2D eigenvalue weighted by molar-refractivity contribution is 0.374. The maximum Gasteiger partial charge on any atom is 0.00369 e. The van der Waals surface area contributed by atoms with Crippen molar-refractivity contribution in [3.05, 3.63) is 0 Å². The van der Waals surface area contributed by atoms with E-state index in [1.807, 2.05) is 0 Å². The summed E-state index contributed by atoms with van der Waals surface area (Å²) >= 11 is 5.05. The van der Waals surface area contributed by atoms with E-state index in [2.05, 4.69) is 13.8 Å². The van der Waals surface area contributed by atoms with E-state index in [-0.39, 0.29) is 0 Å². The van der Waals surface area contributed by atoms with Crippen LogP contribution in [-0.4, -0.2) is 5.75 Å².